The lowest BCUT2D eigenvalue weighted by atomic mass is 10.2. The second-order valence-corrected chi connectivity index (χ2v) is 4.97. The van der Waals surface area contributed by atoms with Gasteiger partial charge in [-0.3, -0.25) is 4.79 Å². The fraction of sp³-hybridized carbons (Fsp3) is 0. The molecule has 2 aromatic rings. The first-order valence-electron chi connectivity index (χ1n) is 5.84. The molecule has 0 radical (unpaired) electrons. The second-order valence-electron chi connectivity index (χ2n) is 4.11. The summed E-state index contributed by atoms with van der Waals surface area (Å²) in [5, 5.41) is 2.60. The summed E-state index contributed by atoms with van der Waals surface area (Å²) in [5.74, 6) is -0.751. The molecule has 0 atom stereocenters. The van der Waals surface area contributed by atoms with Gasteiger partial charge in [0.25, 0.3) is 0 Å². The maximum absolute atomic E-state index is 13.1. The molecule has 0 unspecified atom stereocenters. The van der Waals surface area contributed by atoms with E-state index >= 15 is 0 Å². The van der Waals surface area contributed by atoms with Gasteiger partial charge in [0, 0.05) is 16.2 Å². The van der Waals surface area contributed by atoms with Gasteiger partial charge in [0.1, 0.15) is 5.82 Å². The van der Waals surface area contributed by atoms with Gasteiger partial charge in [0.15, 0.2) is 0 Å². The summed E-state index contributed by atoms with van der Waals surface area (Å²) in [5.41, 5.74) is 7.47. The first-order valence-corrected chi connectivity index (χ1v) is 6.63. The van der Waals surface area contributed by atoms with E-state index in [2.05, 4.69) is 21.2 Å². The van der Waals surface area contributed by atoms with Crippen molar-refractivity contribution in [1.29, 1.82) is 0 Å². The van der Waals surface area contributed by atoms with Crippen molar-refractivity contribution in [3.05, 3.63) is 64.4 Å². The van der Waals surface area contributed by atoms with E-state index in [1.807, 2.05) is 0 Å². The number of anilines is 2. The largest absolute Gasteiger partial charge is 0.399 e. The highest BCUT2D eigenvalue weighted by Gasteiger charge is 2.04. The summed E-state index contributed by atoms with van der Waals surface area (Å²) in [4.78, 5) is 11.8. The minimum Gasteiger partial charge on any atom is -0.399 e. The first-order chi connectivity index (χ1) is 9.54. The van der Waals surface area contributed by atoms with E-state index in [1.165, 1.54) is 24.3 Å². The minimum atomic E-state index is -0.411. The van der Waals surface area contributed by atoms with Crippen molar-refractivity contribution in [3.63, 3.8) is 0 Å². The number of hydrogen-bond donors (Lipinski definition) is 2. The van der Waals surface area contributed by atoms with Crippen molar-refractivity contribution in [2.24, 2.45) is 0 Å². The monoisotopic (exact) mass is 334 g/mol. The standard InChI is InChI=1S/C15H12BrFN2O/c16-13-7-4-11(17)9-14(13)19-15(20)8-3-10-1-5-12(18)6-2-10/h1-9H,18H2,(H,19,20)/b8-3+. The van der Waals surface area contributed by atoms with Gasteiger partial charge in [-0.25, -0.2) is 4.39 Å². The van der Waals surface area contributed by atoms with E-state index in [1.54, 1.807) is 30.3 Å². The summed E-state index contributed by atoms with van der Waals surface area (Å²) >= 11 is 3.24. The third-order valence-corrected chi connectivity index (χ3v) is 3.24. The maximum atomic E-state index is 13.1. The average molecular weight is 335 g/mol. The zero-order valence-electron chi connectivity index (χ0n) is 10.4. The average Bonchev–Trinajstić information content (AvgIpc) is 2.42. The molecule has 0 saturated heterocycles. The highest BCUT2D eigenvalue weighted by molar-refractivity contribution is 9.10. The third kappa shape index (κ3) is 3.93. The molecule has 0 aliphatic rings. The lowest BCUT2D eigenvalue weighted by Gasteiger charge is -2.04. The maximum Gasteiger partial charge on any atom is 0.248 e. The number of halogens is 2. The molecule has 0 aromatic heterocycles. The molecule has 3 nitrogen and oxygen atoms in total. The van der Waals surface area contributed by atoms with E-state index in [0.717, 1.165) is 5.56 Å². The molecule has 102 valence electrons. The molecule has 0 saturated carbocycles. The molecule has 0 spiro atoms. The van der Waals surface area contributed by atoms with Crippen molar-refractivity contribution >= 4 is 39.3 Å². The Labute approximate surface area is 124 Å². The quantitative estimate of drug-likeness (QED) is 0.662. The molecule has 0 fully saturated rings. The summed E-state index contributed by atoms with van der Waals surface area (Å²) in [7, 11) is 0. The lowest BCUT2D eigenvalue weighted by molar-refractivity contribution is -0.111. The van der Waals surface area contributed by atoms with E-state index in [-0.39, 0.29) is 5.91 Å². The fourth-order valence-corrected chi connectivity index (χ4v) is 1.89. The number of nitrogens with two attached hydrogens (primary N) is 1. The fourth-order valence-electron chi connectivity index (χ4n) is 1.55. The van der Waals surface area contributed by atoms with Crippen LogP contribution in [0, 0.1) is 5.82 Å². The molecular weight excluding hydrogens is 323 g/mol. The predicted octanol–water partition coefficient (Wildman–Crippen LogP) is 3.82. The normalized spacial score (nSPS) is 10.7. The van der Waals surface area contributed by atoms with Gasteiger partial charge in [0.05, 0.1) is 5.69 Å². The van der Waals surface area contributed by atoms with Crippen molar-refractivity contribution < 1.29 is 9.18 Å². The van der Waals surface area contributed by atoms with Crippen LogP contribution in [0.3, 0.4) is 0 Å². The molecule has 0 bridgehead atoms. The van der Waals surface area contributed by atoms with Gasteiger partial charge < -0.3 is 11.1 Å². The molecule has 20 heavy (non-hydrogen) atoms. The number of amides is 1. The van der Waals surface area contributed by atoms with Gasteiger partial charge in [-0.05, 0) is 57.9 Å². The van der Waals surface area contributed by atoms with E-state index in [9.17, 15) is 9.18 Å². The van der Waals surface area contributed by atoms with Gasteiger partial charge in [-0.1, -0.05) is 12.1 Å². The molecule has 2 aromatic carbocycles. The number of rotatable bonds is 3. The zero-order chi connectivity index (χ0) is 14.5. The number of carbonyl (C=O) groups excluding carboxylic acids is 1. The van der Waals surface area contributed by atoms with E-state index in [0.29, 0.717) is 15.8 Å². The van der Waals surface area contributed by atoms with E-state index < -0.39 is 5.82 Å². The Bertz CT molecular complexity index is 653. The lowest BCUT2D eigenvalue weighted by Crippen LogP contribution is -2.08. The molecular formula is C15H12BrFN2O. The molecule has 3 N–H and O–H groups in total. The van der Waals surface area contributed by atoms with Crippen molar-refractivity contribution in [2.45, 2.75) is 0 Å². The Hall–Kier alpha value is -2.14. The van der Waals surface area contributed by atoms with Crippen LogP contribution in [0.4, 0.5) is 15.8 Å². The van der Waals surface area contributed by atoms with Gasteiger partial charge in [-0.2, -0.15) is 0 Å². The minimum absolute atomic E-state index is 0.340. The zero-order valence-corrected chi connectivity index (χ0v) is 12.0. The Morgan fingerprint density at radius 2 is 1.90 bits per heavy atom. The number of carbonyl (C=O) groups is 1. The number of benzene rings is 2. The molecule has 0 aliphatic heterocycles. The van der Waals surface area contributed by atoms with Crippen molar-refractivity contribution in [1.82, 2.24) is 0 Å². The molecule has 0 aliphatic carbocycles. The van der Waals surface area contributed by atoms with Crippen LogP contribution in [-0.2, 0) is 4.79 Å². The Morgan fingerprint density at radius 1 is 1.20 bits per heavy atom. The Kier molecular flexibility index (Phi) is 4.53. The van der Waals surface area contributed by atoms with Crippen LogP contribution in [0.25, 0.3) is 6.08 Å². The Balaban J connectivity index is 2.05. The number of nitrogen functional groups attached to an aromatic ring is 1. The van der Waals surface area contributed by atoms with Crippen LogP contribution in [0.2, 0.25) is 0 Å². The van der Waals surface area contributed by atoms with Gasteiger partial charge >= 0.3 is 0 Å². The smallest absolute Gasteiger partial charge is 0.248 e. The highest BCUT2D eigenvalue weighted by Crippen LogP contribution is 2.23. The van der Waals surface area contributed by atoms with Crippen molar-refractivity contribution in [3.8, 4) is 0 Å². The van der Waals surface area contributed by atoms with Crippen LogP contribution in [-0.4, -0.2) is 5.91 Å². The first kappa shape index (κ1) is 14.3. The SMILES string of the molecule is Nc1ccc(/C=C/C(=O)Nc2cc(F)ccc2Br)cc1. The Morgan fingerprint density at radius 3 is 2.60 bits per heavy atom. The van der Waals surface area contributed by atoms with E-state index in [4.69, 9.17) is 5.73 Å². The van der Waals surface area contributed by atoms with Gasteiger partial charge in [-0.15, -0.1) is 0 Å². The molecule has 5 heteroatoms. The van der Waals surface area contributed by atoms with Crippen LogP contribution >= 0.6 is 15.9 Å². The highest BCUT2D eigenvalue weighted by atomic mass is 79.9. The topological polar surface area (TPSA) is 55.1 Å². The number of nitrogens with one attached hydrogen (secondary N) is 1. The summed E-state index contributed by atoms with van der Waals surface area (Å²) in [6.45, 7) is 0. The van der Waals surface area contributed by atoms with Crippen LogP contribution in [0.5, 0.6) is 0 Å². The summed E-state index contributed by atoms with van der Waals surface area (Å²) in [6.07, 6.45) is 3.03. The molecule has 0 heterocycles. The third-order valence-electron chi connectivity index (χ3n) is 2.55. The molecule has 1 amide bonds. The molecule has 2 rings (SSSR count). The summed E-state index contributed by atoms with van der Waals surface area (Å²) in [6, 6.07) is 11.2. The predicted molar refractivity (Wildman–Crippen MR) is 82.6 cm³/mol. The van der Waals surface area contributed by atoms with Crippen LogP contribution < -0.4 is 11.1 Å². The summed E-state index contributed by atoms with van der Waals surface area (Å²) < 4.78 is 13.7. The van der Waals surface area contributed by atoms with Crippen LogP contribution in [0.15, 0.2) is 53.0 Å². The van der Waals surface area contributed by atoms with Gasteiger partial charge in [0.2, 0.25) is 5.91 Å². The van der Waals surface area contributed by atoms with Crippen LogP contribution in [0.1, 0.15) is 5.56 Å². The van der Waals surface area contributed by atoms with Crippen molar-refractivity contribution in [2.75, 3.05) is 11.1 Å². The number of hydrogen-bond acceptors (Lipinski definition) is 2. The second kappa shape index (κ2) is 6.34.